The van der Waals surface area contributed by atoms with Crippen molar-refractivity contribution in [2.45, 2.75) is 19.4 Å². The number of nitrogens with zero attached hydrogens (tertiary/aromatic N) is 2. The first-order valence-electron chi connectivity index (χ1n) is 4.68. The smallest absolute Gasteiger partial charge is 0.330 e. The molecule has 0 spiro atoms. The van der Waals surface area contributed by atoms with Crippen LogP contribution in [0.25, 0.3) is 10.3 Å². The van der Waals surface area contributed by atoms with Gasteiger partial charge in [0.15, 0.2) is 5.52 Å². The van der Waals surface area contributed by atoms with E-state index in [9.17, 15) is 14.4 Å². The van der Waals surface area contributed by atoms with E-state index in [2.05, 4.69) is 9.97 Å². The topological polar surface area (TPSA) is 105 Å². The number of hydrogen-bond donors (Lipinski definition) is 2. The van der Waals surface area contributed by atoms with Crippen LogP contribution in [0.3, 0.4) is 0 Å². The Hall–Kier alpha value is -1.96. The number of hydrogen-bond acceptors (Lipinski definition) is 5. The van der Waals surface area contributed by atoms with Gasteiger partial charge in [-0.1, -0.05) is 0 Å². The Morgan fingerprint density at radius 1 is 1.53 bits per heavy atom. The third kappa shape index (κ3) is 1.57. The minimum Gasteiger partial charge on any atom is -0.480 e. The van der Waals surface area contributed by atoms with Gasteiger partial charge in [-0.25, -0.2) is 19.1 Å². The van der Waals surface area contributed by atoms with Crippen molar-refractivity contribution in [3.05, 3.63) is 26.3 Å². The van der Waals surface area contributed by atoms with E-state index < -0.39 is 22.8 Å². The van der Waals surface area contributed by atoms with Gasteiger partial charge in [0.2, 0.25) is 0 Å². The maximum absolute atomic E-state index is 12.0. The molecule has 0 saturated heterocycles. The Balaban J connectivity index is 2.92. The third-order valence-electron chi connectivity index (χ3n) is 2.48. The first-order chi connectivity index (χ1) is 7.85. The number of rotatable bonds is 2. The summed E-state index contributed by atoms with van der Waals surface area (Å²) >= 11 is 1.12. The molecule has 0 aliphatic rings. The van der Waals surface area contributed by atoms with Gasteiger partial charge >= 0.3 is 11.7 Å². The van der Waals surface area contributed by atoms with Crippen LogP contribution < -0.4 is 11.2 Å². The number of aromatic nitrogens is 3. The van der Waals surface area contributed by atoms with Gasteiger partial charge in [0.1, 0.15) is 10.4 Å². The Morgan fingerprint density at radius 2 is 2.18 bits per heavy atom. The van der Waals surface area contributed by atoms with E-state index in [-0.39, 0.29) is 5.52 Å². The van der Waals surface area contributed by atoms with Crippen molar-refractivity contribution in [1.29, 1.82) is 0 Å². The SMILES string of the molecule is CC(C)(C(=O)O)n1c(=O)[nH]c2scnc2c1=O. The predicted octanol–water partition coefficient (Wildman–Crippen LogP) is -0.0340. The predicted molar refractivity (Wildman–Crippen MR) is 61.5 cm³/mol. The van der Waals surface area contributed by atoms with Gasteiger partial charge in [-0.3, -0.25) is 9.78 Å². The molecule has 2 heterocycles. The summed E-state index contributed by atoms with van der Waals surface area (Å²) in [6.45, 7) is 2.56. The average Bonchev–Trinajstić information content (AvgIpc) is 2.64. The van der Waals surface area contributed by atoms with Crippen molar-refractivity contribution < 1.29 is 9.90 Å². The van der Waals surface area contributed by atoms with Crippen LogP contribution in [-0.2, 0) is 10.3 Å². The standard InChI is InChI=1S/C9H9N3O4S/c1-9(2,7(14)15)12-6(13)4-5(11-8(12)16)17-3-10-4/h3H,1-2H3,(H,11,16)(H,14,15). The molecule has 0 unspecified atom stereocenters. The first kappa shape index (κ1) is 11.5. The lowest BCUT2D eigenvalue weighted by Crippen LogP contribution is -2.50. The molecule has 0 atom stereocenters. The van der Waals surface area contributed by atoms with Crippen LogP contribution in [0, 0.1) is 0 Å². The number of carbonyl (C=O) groups is 1. The summed E-state index contributed by atoms with van der Waals surface area (Å²) in [5.41, 5.74) is -1.58. The zero-order valence-corrected chi connectivity index (χ0v) is 9.87. The maximum Gasteiger partial charge on any atom is 0.330 e. The molecule has 2 aromatic rings. The number of thiazole rings is 1. The third-order valence-corrected chi connectivity index (χ3v) is 3.22. The molecule has 0 aliphatic heterocycles. The second-order valence-electron chi connectivity index (χ2n) is 3.96. The molecule has 0 radical (unpaired) electrons. The van der Waals surface area contributed by atoms with Crippen LogP contribution in [0.5, 0.6) is 0 Å². The average molecular weight is 255 g/mol. The highest BCUT2D eigenvalue weighted by molar-refractivity contribution is 7.16. The summed E-state index contributed by atoms with van der Waals surface area (Å²) in [5.74, 6) is -1.26. The van der Waals surface area contributed by atoms with Gasteiger partial charge in [-0.15, -0.1) is 11.3 Å². The number of aliphatic carboxylic acids is 1. The molecule has 7 nitrogen and oxygen atoms in total. The summed E-state index contributed by atoms with van der Waals surface area (Å²) < 4.78 is 0.664. The minimum atomic E-state index is -1.62. The molecular formula is C9H9N3O4S. The summed E-state index contributed by atoms with van der Waals surface area (Å²) in [4.78, 5) is 41.4. The molecule has 0 aliphatic carbocycles. The van der Waals surface area contributed by atoms with Gasteiger partial charge in [0.25, 0.3) is 5.56 Å². The van der Waals surface area contributed by atoms with Gasteiger partial charge in [0, 0.05) is 0 Å². The van der Waals surface area contributed by atoms with Gasteiger partial charge in [-0.05, 0) is 13.8 Å². The highest BCUT2D eigenvalue weighted by atomic mass is 32.1. The fraction of sp³-hybridized carbons (Fsp3) is 0.333. The van der Waals surface area contributed by atoms with Crippen LogP contribution in [0.4, 0.5) is 0 Å². The minimum absolute atomic E-state index is 0.0731. The van der Waals surface area contributed by atoms with Crippen molar-refractivity contribution in [2.75, 3.05) is 0 Å². The maximum atomic E-state index is 12.0. The summed E-state index contributed by atoms with van der Waals surface area (Å²) in [7, 11) is 0. The zero-order chi connectivity index (χ0) is 12.8. The lowest BCUT2D eigenvalue weighted by molar-refractivity contribution is -0.146. The molecular weight excluding hydrogens is 246 g/mol. The van der Waals surface area contributed by atoms with Crippen molar-refractivity contribution in [2.24, 2.45) is 0 Å². The van der Waals surface area contributed by atoms with E-state index in [1.807, 2.05) is 0 Å². The molecule has 17 heavy (non-hydrogen) atoms. The summed E-state index contributed by atoms with van der Waals surface area (Å²) in [5, 5.41) is 9.04. The summed E-state index contributed by atoms with van der Waals surface area (Å²) in [6.07, 6.45) is 0. The van der Waals surface area contributed by atoms with Crippen LogP contribution in [0.15, 0.2) is 15.1 Å². The lowest BCUT2D eigenvalue weighted by atomic mass is 10.1. The molecule has 8 heteroatoms. The van der Waals surface area contributed by atoms with E-state index in [1.54, 1.807) is 0 Å². The number of fused-ring (bicyclic) bond motifs is 1. The Labute approximate surface area is 98.4 Å². The van der Waals surface area contributed by atoms with Gasteiger partial charge < -0.3 is 5.11 Å². The number of nitrogens with one attached hydrogen (secondary N) is 1. The van der Waals surface area contributed by atoms with E-state index in [0.29, 0.717) is 9.40 Å². The van der Waals surface area contributed by atoms with Crippen LogP contribution in [0.2, 0.25) is 0 Å². The molecule has 2 N–H and O–H groups in total. The van der Waals surface area contributed by atoms with Crippen molar-refractivity contribution in [3.8, 4) is 0 Å². The van der Waals surface area contributed by atoms with E-state index in [0.717, 1.165) is 11.3 Å². The van der Waals surface area contributed by atoms with Crippen LogP contribution >= 0.6 is 11.3 Å². The van der Waals surface area contributed by atoms with Crippen molar-refractivity contribution in [3.63, 3.8) is 0 Å². The largest absolute Gasteiger partial charge is 0.480 e. The highest BCUT2D eigenvalue weighted by Gasteiger charge is 2.33. The summed E-state index contributed by atoms with van der Waals surface area (Å²) in [6, 6.07) is 0. The normalized spacial score (nSPS) is 11.9. The van der Waals surface area contributed by atoms with Gasteiger partial charge in [-0.2, -0.15) is 0 Å². The van der Waals surface area contributed by atoms with Crippen LogP contribution in [0.1, 0.15) is 13.8 Å². The van der Waals surface area contributed by atoms with Crippen molar-refractivity contribution in [1.82, 2.24) is 14.5 Å². The molecule has 0 aromatic carbocycles. The molecule has 2 aromatic heterocycles. The Morgan fingerprint density at radius 3 is 2.76 bits per heavy atom. The number of carboxylic acids is 1. The number of aromatic amines is 1. The lowest BCUT2D eigenvalue weighted by Gasteiger charge is -2.20. The fourth-order valence-corrected chi connectivity index (χ4v) is 2.10. The molecule has 0 saturated carbocycles. The second-order valence-corrected chi connectivity index (χ2v) is 4.82. The second kappa shape index (κ2) is 3.52. The molecule has 90 valence electrons. The molecule has 0 amide bonds. The van der Waals surface area contributed by atoms with Crippen molar-refractivity contribution >= 4 is 27.7 Å². The van der Waals surface area contributed by atoms with E-state index in [1.165, 1.54) is 19.4 Å². The Bertz CT molecular complexity index is 709. The zero-order valence-electron chi connectivity index (χ0n) is 9.05. The molecule has 0 fully saturated rings. The fourth-order valence-electron chi connectivity index (χ4n) is 1.44. The monoisotopic (exact) mass is 255 g/mol. The highest BCUT2D eigenvalue weighted by Crippen LogP contribution is 2.13. The quantitative estimate of drug-likeness (QED) is 0.783. The molecule has 2 rings (SSSR count). The van der Waals surface area contributed by atoms with Gasteiger partial charge in [0.05, 0.1) is 5.51 Å². The number of H-pyrrole nitrogens is 1. The van der Waals surface area contributed by atoms with Crippen LogP contribution in [-0.4, -0.2) is 25.6 Å². The Kier molecular flexibility index (Phi) is 2.39. The number of carboxylic acid groups (broad SMARTS) is 1. The van der Waals surface area contributed by atoms with E-state index in [4.69, 9.17) is 5.11 Å². The molecule has 0 bridgehead atoms. The first-order valence-corrected chi connectivity index (χ1v) is 5.56. The van der Waals surface area contributed by atoms with E-state index >= 15 is 0 Å².